The Kier molecular flexibility index (Phi) is 5.74. The number of aromatic nitrogens is 3. The fraction of sp³-hybridized carbons (Fsp3) is 0.263. The SMILES string of the molecule is Cc1ccc(OCc2nnc(SCc3cccc(C(F)(F)F)c3)n2C)cc1. The highest BCUT2D eigenvalue weighted by molar-refractivity contribution is 7.98. The van der Waals surface area contributed by atoms with E-state index in [2.05, 4.69) is 10.2 Å². The summed E-state index contributed by atoms with van der Waals surface area (Å²) in [6.45, 7) is 2.26. The van der Waals surface area contributed by atoms with Gasteiger partial charge < -0.3 is 9.30 Å². The van der Waals surface area contributed by atoms with E-state index in [1.54, 1.807) is 10.6 Å². The van der Waals surface area contributed by atoms with Crippen LogP contribution in [0.1, 0.15) is 22.5 Å². The van der Waals surface area contributed by atoms with Gasteiger partial charge in [-0.3, -0.25) is 0 Å². The zero-order valence-electron chi connectivity index (χ0n) is 14.8. The lowest BCUT2D eigenvalue weighted by atomic mass is 10.1. The van der Waals surface area contributed by atoms with Crippen molar-refractivity contribution in [2.24, 2.45) is 7.05 Å². The number of hydrogen-bond acceptors (Lipinski definition) is 4. The molecule has 0 amide bonds. The van der Waals surface area contributed by atoms with Crippen LogP contribution in [0.2, 0.25) is 0 Å². The van der Waals surface area contributed by atoms with Crippen molar-refractivity contribution in [3.8, 4) is 5.75 Å². The van der Waals surface area contributed by atoms with Crippen molar-refractivity contribution in [2.45, 2.75) is 30.6 Å². The lowest BCUT2D eigenvalue weighted by Crippen LogP contribution is -2.05. The zero-order valence-corrected chi connectivity index (χ0v) is 15.6. The van der Waals surface area contributed by atoms with Gasteiger partial charge in [0.05, 0.1) is 5.56 Å². The molecule has 0 saturated carbocycles. The summed E-state index contributed by atoms with van der Waals surface area (Å²) in [4.78, 5) is 0. The molecule has 3 aromatic rings. The van der Waals surface area contributed by atoms with Crippen LogP contribution in [0.4, 0.5) is 13.2 Å². The van der Waals surface area contributed by atoms with E-state index in [1.165, 1.54) is 17.8 Å². The smallest absolute Gasteiger partial charge is 0.416 e. The van der Waals surface area contributed by atoms with E-state index in [4.69, 9.17) is 4.74 Å². The molecule has 0 atom stereocenters. The van der Waals surface area contributed by atoms with Crippen LogP contribution in [-0.2, 0) is 25.6 Å². The Morgan fingerprint density at radius 2 is 1.81 bits per heavy atom. The van der Waals surface area contributed by atoms with Crippen LogP contribution in [0.25, 0.3) is 0 Å². The molecule has 0 saturated heterocycles. The van der Waals surface area contributed by atoms with Crippen molar-refractivity contribution in [3.05, 3.63) is 71.0 Å². The summed E-state index contributed by atoms with van der Waals surface area (Å²) in [7, 11) is 1.81. The number of nitrogens with zero attached hydrogens (tertiary/aromatic N) is 3. The Morgan fingerprint density at radius 3 is 2.52 bits per heavy atom. The van der Waals surface area contributed by atoms with E-state index < -0.39 is 11.7 Å². The molecule has 0 radical (unpaired) electrons. The highest BCUT2D eigenvalue weighted by atomic mass is 32.2. The number of ether oxygens (including phenoxy) is 1. The van der Waals surface area contributed by atoms with Gasteiger partial charge >= 0.3 is 6.18 Å². The third kappa shape index (κ3) is 5.03. The molecular formula is C19H18F3N3OS. The molecule has 0 spiro atoms. The summed E-state index contributed by atoms with van der Waals surface area (Å²) in [5, 5.41) is 8.83. The van der Waals surface area contributed by atoms with Crippen LogP contribution in [-0.4, -0.2) is 14.8 Å². The average Bonchev–Trinajstić information content (AvgIpc) is 2.99. The van der Waals surface area contributed by atoms with Crippen LogP contribution >= 0.6 is 11.8 Å². The molecule has 0 bridgehead atoms. The highest BCUT2D eigenvalue weighted by Crippen LogP contribution is 2.31. The first kappa shape index (κ1) is 19.3. The van der Waals surface area contributed by atoms with Crippen LogP contribution in [0, 0.1) is 6.92 Å². The fourth-order valence-corrected chi connectivity index (χ4v) is 3.24. The number of benzene rings is 2. The summed E-state index contributed by atoms with van der Waals surface area (Å²) in [5.74, 6) is 1.75. The van der Waals surface area contributed by atoms with E-state index in [1.807, 2.05) is 38.2 Å². The Bertz CT molecular complexity index is 907. The average molecular weight is 393 g/mol. The van der Waals surface area contributed by atoms with Crippen molar-refractivity contribution in [2.75, 3.05) is 0 Å². The minimum Gasteiger partial charge on any atom is -0.486 e. The van der Waals surface area contributed by atoms with Gasteiger partial charge in [0.15, 0.2) is 11.0 Å². The maximum atomic E-state index is 12.8. The first-order valence-electron chi connectivity index (χ1n) is 8.19. The van der Waals surface area contributed by atoms with Crippen LogP contribution in [0.3, 0.4) is 0 Å². The molecule has 3 rings (SSSR count). The molecule has 0 aliphatic carbocycles. The lowest BCUT2D eigenvalue weighted by molar-refractivity contribution is -0.137. The minimum atomic E-state index is -4.34. The Hall–Kier alpha value is -2.48. The topological polar surface area (TPSA) is 39.9 Å². The second-order valence-corrected chi connectivity index (χ2v) is 6.99. The van der Waals surface area contributed by atoms with Gasteiger partial charge in [-0.25, -0.2) is 0 Å². The van der Waals surface area contributed by atoms with Crippen molar-refractivity contribution >= 4 is 11.8 Å². The van der Waals surface area contributed by atoms with Crippen molar-refractivity contribution in [1.29, 1.82) is 0 Å². The van der Waals surface area contributed by atoms with E-state index in [0.717, 1.165) is 23.4 Å². The maximum absolute atomic E-state index is 12.8. The summed E-state index contributed by atoms with van der Waals surface area (Å²) < 4.78 is 45.9. The monoisotopic (exact) mass is 393 g/mol. The van der Waals surface area contributed by atoms with Gasteiger partial charge in [-0.1, -0.05) is 47.7 Å². The van der Waals surface area contributed by atoms with Crippen LogP contribution < -0.4 is 4.74 Å². The second-order valence-electron chi connectivity index (χ2n) is 6.05. The molecule has 0 aliphatic heterocycles. The number of hydrogen-bond donors (Lipinski definition) is 0. The van der Waals surface area contributed by atoms with E-state index in [0.29, 0.717) is 22.3 Å². The normalized spacial score (nSPS) is 11.6. The van der Waals surface area contributed by atoms with E-state index in [-0.39, 0.29) is 6.61 Å². The molecule has 142 valence electrons. The molecule has 0 aliphatic rings. The van der Waals surface area contributed by atoms with Gasteiger partial charge in [-0.05, 0) is 30.7 Å². The summed E-state index contributed by atoms with van der Waals surface area (Å²) in [6, 6.07) is 13.0. The third-order valence-electron chi connectivity index (χ3n) is 3.94. The van der Waals surface area contributed by atoms with Gasteiger partial charge in [0, 0.05) is 12.8 Å². The van der Waals surface area contributed by atoms with E-state index >= 15 is 0 Å². The van der Waals surface area contributed by atoms with Gasteiger partial charge in [-0.15, -0.1) is 10.2 Å². The fourth-order valence-electron chi connectivity index (χ4n) is 2.36. The summed E-state index contributed by atoms with van der Waals surface area (Å²) in [5.41, 5.74) is 1.08. The van der Waals surface area contributed by atoms with Crippen molar-refractivity contribution in [3.63, 3.8) is 0 Å². The largest absolute Gasteiger partial charge is 0.486 e. The lowest BCUT2D eigenvalue weighted by Gasteiger charge is -2.09. The Labute approximate surface area is 159 Å². The number of alkyl halides is 3. The summed E-state index contributed by atoms with van der Waals surface area (Å²) in [6.07, 6.45) is -4.34. The van der Waals surface area contributed by atoms with Crippen molar-refractivity contribution < 1.29 is 17.9 Å². The minimum absolute atomic E-state index is 0.261. The molecule has 0 N–H and O–H groups in total. The van der Waals surface area contributed by atoms with Gasteiger partial charge in [0.1, 0.15) is 12.4 Å². The molecule has 0 fully saturated rings. The number of halogens is 3. The summed E-state index contributed by atoms with van der Waals surface area (Å²) >= 11 is 1.33. The molecule has 8 heteroatoms. The number of thioether (sulfide) groups is 1. The van der Waals surface area contributed by atoms with Crippen LogP contribution in [0.5, 0.6) is 5.75 Å². The predicted octanol–water partition coefficient (Wildman–Crippen LogP) is 5.01. The molecule has 4 nitrogen and oxygen atoms in total. The number of rotatable bonds is 6. The first-order chi connectivity index (χ1) is 12.8. The predicted molar refractivity (Wildman–Crippen MR) is 97.5 cm³/mol. The molecular weight excluding hydrogens is 375 g/mol. The highest BCUT2D eigenvalue weighted by Gasteiger charge is 2.30. The molecule has 1 aromatic heterocycles. The maximum Gasteiger partial charge on any atom is 0.416 e. The number of aryl methyl sites for hydroxylation is 1. The molecule has 1 heterocycles. The van der Waals surface area contributed by atoms with Crippen LogP contribution in [0.15, 0.2) is 53.7 Å². The molecule has 0 unspecified atom stereocenters. The zero-order chi connectivity index (χ0) is 19.4. The molecule has 2 aromatic carbocycles. The van der Waals surface area contributed by atoms with Gasteiger partial charge in [-0.2, -0.15) is 13.2 Å². The second kappa shape index (κ2) is 8.04. The third-order valence-corrected chi connectivity index (χ3v) is 5.03. The Balaban J connectivity index is 1.61. The quantitative estimate of drug-likeness (QED) is 0.552. The Morgan fingerprint density at radius 1 is 1.07 bits per heavy atom. The molecule has 27 heavy (non-hydrogen) atoms. The standard InChI is InChI=1S/C19H18F3N3OS/c1-13-6-8-16(9-7-13)26-11-17-23-24-18(25(17)2)27-12-14-4-3-5-15(10-14)19(20,21)22/h3-10H,11-12H2,1-2H3. The van der Waals surface area contributed by atoms with Gasteiger partial charge in [0.2, 0.25) is 0 Å². The van der Waals surface area contributed by atoms with Gasteiger partial charge in [0.25, 0.3) is 0 Å². The van der Waals surface area contributed by atoms with Crippen molar-refractivity contribution in [1.82, 2.24) is 14.8 Å². The first-order valence-corrected chi connectivity index (χ1v) is 9.18. The van der Waals surface area contributed by atoms with E-state index in [9.17, 15) is 13.2 Å².